The number of sulfone groups is 1. The van der Waals surface area contributed by atoms with Crippen LogP contribution in [0.3, 0.4) is 0 Å². The molecule has 1 aromatic heterocycles. The average Bonchev–Trinajstić information content (AvgIpc) is 3.24. The molecule has 1 aliphatic rings. The number of furan rings is 1. The molecule has 7 nitrogen and oxygen atoms in total. The molecule has 158 valence electrons. The smallest absolute Gasteiger partial charge is 0.468 e. The van der Waals surface area contributed by atoms with E-state index >= 15 is 0 Å². The Labute approximate surface area is 165 Å². The molecule has 29 heavy (non-hydrogen) atoms. The fraction of sp³-hybridized carbons (Fsp3) is 0.389. The maximum absolute atomic E-state index is 12.4. The summed E-state index contributed by atoms with van der Waals surface area (Å²) in [5.74, 6) is -0.203. The predicted molar refractivity (Wildman–Crippen MR) is 97.9 cm³/mol. The minimum Gasteiger partial charge on any atom is -0.468 e. The molecule has 2 heterocycles. The molecule has 3 rings (SSSR count). The Morgan fingerprint density at radius 3 is 2.52 bits per heavy atom. The number of nitrogens with zero attached hydrogens (tertiary/aromatic N) is 1. The van der Waals surface area contributed by atoms with Crippen LogP contribution in [-0.2, 0) is 21.2 Å². The van der Waals surface area contributed by atoms with Crippen LogP contribution in [0.1, 0.15) is 12.2 Å². The van der Waals surface area contributed by atoms with Gasteiger partial charge in [-0.15, -0.1) is 13.2 Å². The van der Waals surface area contributed by atoms with Gasteiger partial charge in [-0.2, -0.15) is 0 Å². The highest BCUT2D eigenvalue weighted by molar-refractivity contribution is 7.91. The molecule has 0 saturated carbocycles. The van der Waals surface area contributed by atoms with E-state index in [9.17, 15) is 26.4 Å². The average molecular weight is 432 g/mol. The summed E-state index contributed by atoms with van der Waals surface area (Å²) in [6.07, 6.45) is -2.89. The maximum Gasteiger partial charge on any atom is 0.573 e. The lowest BCUT2D eigenvalue weighted by atomic mass is 10.2. The van der Waals surface area contributed by atoms with Gasteiger partial charge in [0.25, 0.3) is 0 Å². The van der Waals surface area contributed by atoms with E-state index in [0.29, 0.717) is 17.9 Å². The molecule has 1 atom stereocenters. The molecule has 0 aliphatic carbocycles. The quantitative estimate of drug-likeness (QED) is 0.724. The van der Waals surface area contributed by atoms with Crippen molar-refractivity contribution in [1.82, 2.24) is 4.90 Å². The normalized spacial score (nSPS) is 18.7. The number of carbonyl (C=O) groups excluding carboxylic acids is 1. The van der Waals surface area contributed by atoms with Crippen LogP contribution in [0.25, 0.3) is 0 Å². The Balaban J connectivity index is 1.63. The monoisotopic (exact) mass is 432 g/mol. The van der Waals surface area contributed by atoms with Gasteiger partial charge in [0.15, 0.2) is 9.84 Å². The van der Waals surface area contributed by atoms with Crippen molar-refractivity contribution in [2.45, 2.75) is 25.4 Å². The summed E-state index contributed by atoms with van der Waals surface area (Å²) in [5.41, 5.74) is 0.293. The second-order valence-electron chi connectivity index (χ2n) is 6.66. The molecule has 11 heteroatoms. The van der Waals surface area contributed by atoms with E-state index in [4.69, 9.17) is 4.42 Å². The van der Waals surface area contributed by atoms with E-state index in [0.717, 1.165) is 12.1 Å². The largest absolute Gasteiger partial charge is 0.573 e. The number of anilines is 1. The van der Waals surface area contributed by atoms with Crippen molar-refractivity contribution in [3.8, 4) is 5.75 Å². The van der Waals surface area contributed by atoms with Crippen LogP contribution in [0.2, 0.25) is 0 Å². The highest BCUT2D eigenvalue weighted by atomic mass is 32.2. The summed E-state index contributed by atoms with van der Waals surface area (Å²) in [5, 5.41) is 2.59. The van der Waals surface area contributed by atoms with Crippen molar-refractivity contribution in [3.05, 3.63) is 48.4 Å². The van der Waals surface area contributed by atoms with Crippen molar-refractivity contribution < 1.29 is 35.5 Å². The van der Waals surface area contributed by atoms with Gasteiger partial charge in [0.1, 0.15) is 11.5 Å². The molecule has 1 saturated heterocycles. The second-order valence-corrected chi connectivity index (χ2v) is 8.89. The van der Waals surface area contributed by atoms with Gasteiger partial charge < -0.3 is 14.5 Å². The van der Waals surface area contributed by atoms with Crippen LogP contribution < -0.4 is 10.1 Å². The first-order chi connectivity index (χ1) is 13.6. The Morgan fingerprint density at radius 2 is 1.97 bits per heavy atom. The lowest BCUT2D eigenvalue weighted by Gasteiger charge is -2.26. The van der Waals surface area contributed by atoms with Crippen molar-refractivity contribution in [2.75, 3.05) is 23.4 Å². The fourth-order valence-corrected chi connectivity index (χ4v) is 4.87. The number of hydrogen-bond acceptors (Lipinski definition) is 6. The number of ether oxygens (including phenoxy) is 1. The number of carbonyl (C=O) groups is 1. The molecular weight excluding hydrogens is 413 g/mol. The zero-order valence-electron chi connectivity index (χ0n) is 15.2. The number of hydrogen-bond donors (Lipinski definition) is 1. The molecule has 1 fully saturated rings. The van der Waals surface area contributed by atoms with Gasteiger partial charge in [0.05, 0.1) is 30.9 Å². The molecule has 0 radical (unpaired) electrons. The maximum atomic E-state index is 12.4. The Kier molecular flexibility index (Phi) is 6.18. The van der Waals surface area contributed by atoms with E-state index in [1.165, 1.54) is 18.4 Å². The van der Waals surface area contributed by atoms with Gasteiger partial charge in [-0.1, -0.05) is 0 Å². The molecule has 0 bridgehead atoms. The predicted octanol–water partition coefficient (Wildman–Crippen LogP) is 2.81. The Bertz CT molecular complexity index is 927. The molecule has 1 aliphatic heterocycles. The highest BCUT2D eigenvalue weighted by Gasteiger charge is 2.33. The molecule has 2 aromatic rings. The highest BCUT2D eigenvalue weighted by Crippen LogP contribution is 2.24. The zero-order chi connectivity index (χ0) is 21.1. The number of amides is 1. The first-order valence-electron chi connectivity index (χ1n) is 8.72. The summed E-state index contributed by atoms with van der Waals surface area (Å²) in [6, 6.07) is 7.86. The molecule has 0 spiro atoms. The standard InChI is InChI=1S/C18H19F3N2O5S/c19-18(20,21)28-15-5-3-13(4-6-15)22-17(24)11-23(10-16-2-1-8-27-16)14-7-9-29(25,26)12-14/h1-6,8,14H,7,9-12H2,(H,22,24)/t14-/m0/s1. The number of nitrogens with one attached hydrogen (secondary N) is 1. The second kappa shape index (κ2) is 8.46. The summed E-state index contributed by atoms with van der Waals surface area (Å²) >= 11 is 0. The number of rotatable bonds is 7. The van der Waals surface area contributed by atoms with E-state index in [1.807, 2.05) is 0 Å². The van der Waals surface area contributed by atoms with Crippen LogP contribution in [0, 0.1) is 0 Å². The van der Waals surface area contributed by atoms with Crippen molar-refractivity contribution in [2.24, 2.45) is 0 Å². The molecule has 1 aromatic carbocycles. The Morgan fingerprint density at radius 1 is 1.24 bits per heavy atom. The lowest BCUT2D eigenvalue weighted by Crippen LogP contribution is -2.41. The van der Waals surface area contributed by atoms with Crippen LogP contribution in [0.4, 0.5) is 18.9 Å². The third kappa shape index (κ3) is 6.50. The summed E-state index contributed by atoms with van der Waals surface area (Å²) in [4.78, 5) is 14.2. The van der Waals surface area contributed by atoms with E-state index < -0.39 is 27.9 Å². The summed E-state index contributed by atoms with van der Waals surface area (Å²) in [6.45, 7) is 0.167. The first-order valence-corrected chi connectivity index (χ1v) is 10.5. The van der Waals surface area contributed by atoms with Crippen LogP contribution in [0.5, 0.6) is 5.75 Å². The van der Waals surface area contributed by atoms with E-state index in [-0.39, 0.29) is 30.6 Å². The minimum atomic E-state index is -4.79. The SMILES string of the molecule is O=C(CN(Cc1ccco1)[C@H]1CCS(=O)(=O)C1)Nc1ccc(OC(F)(F)F)cc1. The third-order valence-electron chi connectivity index (χ3n) is 4.38. The van der Waals surface area contributed by atoms with Gasteiger partial charge in [-0.05, 0) is 42.8 Å². The van der Waals surface area contributed by atoms with Gasteiger partial charge in [-0.25, -0.2) is 8.42 Å². The van der Waals surface area contributed by atoms with Crippen LogP contribution in [-0.4, -0.2) is 49.7 Å². The molecule has 1 N–H and O–H groups in total. The fourth-order valence-electron chi connectivity index (χ4n) is 3.11. The number of benzene rings is 1. The van der Waals surface area contributed by atoms with E-state index in [1.54, 1.807) is 17.0 Å². The van der Waals surface area contributed by atoms with Crippen molar-refractivity contribution >= 4 is 21.4 Å². The van der Waals surface area contributed by atoms with E-state index in [2.05, 4.69) is 10.1 Å². The lowest BCUT2D eigenvalue weighted by molar-refractivity contribution is -0.274. The molecule has 0 unspecified atom stereocenters. The molecule has 1 amide bonds. The van der Waals surface area contributed by atoms with Crippen LogP contribution in [0.15, 0.2) is 47.1 Å². The van der Waals surface area contributed by atoms with Gasteiger partial charge in [0.2, 0.25) is 5.91 Å². The van der Waals surface area contributed by atoms with Crippen molar-refractivity contribution in [3.63, 3.8) is 0 Å². The van der Waals surface area contributed by atoms with Gasteiger partial charge in [0, 0.05) is 11.7 Å². The molecular formula is C18H19F3N2O5S. The summed E-state index contributed by atoms with van der Waals surface area (Å²) in [7, 11) is -3.14. The van der Waals surface area contributed by atoms with Gasteiger partial charge in [-0.3, -0.25) is 9.69 Å². The van der Waals surface area contributed by atoms with Crippen LogP contribution >= 0.6 is 0 Å². The summed E-state index contributed by atoms with van der Waals surface area (Å²) < 4.78 is 69.3. The first kappa shape index (κ1) is 21.2. The zero-order valence-corrected chi connectivity index (χ0v) is 16.0. The number of alkyl halides is 3. The van der Waals surface area contributed by atoms with Gasteiger partial charge >= 0.3 is 6.36 Å². The topological polar surface area (TPSA) is 88.9 Å². The third-order valence-corrected chi connectivity index (χ3v) is 6.13. The van der Waals surface area contributed by atoms with Crippen molar-refractivity contribution in [1.29, 1.82) is 0 Å². The Hall–Kier alpha value is -2.53. The number of halogens is 3. The minimum absolute atomic E-state index is 0.0372.